The monoisotopic (exact) mass is 312 g/mol. The van der Waals surface area contributed by atoms with E-state index in [-0.39, 0.29) is 23.9 Å². The highest BCUT2D eigenvalue weighted by Crippen LogP contribution is 2.31. The van der Waals surface area contributed by atoms with Crippen LogP contribution in [0.2, 0.25) is 0 Å². The Balaban J connectivity index is 1.86. The number of aromatic amines is 1. The Bertz CT molecular complexity index is 774. The molecule has 1 amide bonds. The second kappa shape index (κ2) is 6.19. The summed E-state index contributed by atoms with van der Waals surface area (Å²) in [6.07, 6.45) is 2.33. The molecule has 2 aromatic rings. The van der Waals surface area contributed by atoms with Crippen LogP contribution in [0.1, 0.15) is 39.2 Å². The number of rotatable bonds is 5. The molecule has 0 radical (unpaired) electrons. The molecule has 3 rings (SSSR count). The number of amides is 1. The molecule has 1 aliphatic carbocycles. The van der Waals surface area contributed by atoms with Gasteiger partial charge in [0.05, 0.1) is 6.42 Å². The lowest BCUT2D eigenvalue weighted by molar-refractivity contribution is -0.134. The average Bonchev–Trinajstić information content (AvgIpc) is 3.32. The molecule has 0 spiro atoms. The summed E-state index contributed by atoms with van der Waals surface area (Å²) in [6.45, 7) is 6.37. The number of hydrogen-bond donors (Lipinski definition) is 1. The van der Waals surface area contributed by atoms with E-state index in [1.807, 2.05) is 35.2 Å². The highest BCUT2D eigenvalue weighted by Gasteiger charge is 2.36. The Morgan fingerprint density at radius 1 is 1.26 bits per heavy atom. The van der Waals surface area contributed by atoms with Gasteiger partial charge in [0.15, 0.2) is 0 Å². The fraction of sp³-hybridized carbons (Fsp3) is 0.474. The number of nitrogens with one attached hydrogen (secondary N) is 1. The summed E-state index contributed by atoms with van der Waals surface area (Å²) in [5, 5.41) is 0.963. The Morgan fingerprint density at radius 3 is 2.61 bits per heavy atom. The van der Waals surface area contributed by atoms with Crippen molar-refractivity contribution in [3.8, 4) is 0 Å². The number of pyridine rings is 1. The SMILES string of the molecule is CC(C)[C@H](C)N(C(=O)Cc1cc2ccccc2[nH]c1=O)C1CC1. The summed E-state index contributed by atoms with van der Waals surface area (Å²) >= 11 is 0. The summed E-state index contributed by atoms with van der Waals surface area (Å²) < 4.78 is 0. The summed E-state index contributed by atoms with van der Waals surface area (Å²) in [6, 6.07) is 10.1. The van der Waals surface area contributed by atoms with Crippen molar-refractivity contribution in [3.05, 3.63) is 46.2 Å². The number of aromatic nitrogens is 1. The molecular weight excluding hydrogens is 288 g/mol. The smallest absolute Gasteiger partial charge is 0.252 e. The number of fused-ring (bicyclic) bond motifs is 1. The van der Waals surface area contributed by atoms with E-state index in [0.717, 1.165) is 23.7 Å². The Hall–Kier alpha value is -2.10. The average molecular weight is 312 g/mol. The number of nitrogens with zero attached hydrogens (tertiary/aromatic N) is 1. The molecule has 23 heavy (non-hydrogen) atoms. The number of carbonyl (C=O) groups is 1. The lowest BCUT2D eigenvalue weighted by atomic mass is 10.0. The minimum atomic E-state index is -0.162. The van der Waals surface area contributed by atoms with Gasteiger partial charge in [0, 0.05) is 23.2 Å². The van der Waals surface area contributed by atoms with E-state index < -0.39 is 0 Å². The number of hydrogen-bond acceptors (Lipinski definition) is 2. The predicted molar refractivity (Wildman–Crippen MR) is 92.4 cm³/mol. The fourth-order valence-corrected chi connectivity index (χ4v) is 3.02. The molecule has 1 aliphatic rings. The van der Waals surface area contributed by atoms with Crippen molar-refractivity contribution in [3.63, 3.8) is 0 Å². The fourth-order valence-electron chi connectivity index (χ4n) is 3.02. The quantitative estimate of drug-likeness (QED) is 0.922. The van der Waals surface area contributed by atoms with Crippen LogP contribution in [0.15, 0.2) is 35.1 Å². The third kappa shape index (κ3) is 3.31. The molecule has 0 bridgehead atoms. The first kappa shape index (κ1) is 15.8. The molecule has 1 aromatic carbocycles. The second-order valence-electron chi connectivity index (χ2n) is 6.90. The van der Waals surface area contributed by atoms with Gasteiger partial charge >= 0.3 is 0 Å². The maximum Gasteiger partial charge on any atom is 0.252 e. The lowest BCUT2D eigenvalue weighted by Gasteiger charge is -2.32. The van der Waals surface area contributed by atoms with Crippen LogP contribution in [-0.4, -0.2) is 27.9 Å². The molecular formula is C19H24N2O2. The van der Waals surface area contributed by atoms with E-state index in [9.17, 15) is 9.59 Å². The standard InChI is InChI=1S/C19H24N2O2/c1-12(2)13(3)21(16-8-9-16)18(22)11-15-10-14-6-4-5-7-17(14)20-19(15)23/h4-7,10,12-13,16H,8-9,11H2,1-3H3,(H,20,23)/t13-/m0/s1. The normalized spacial score (nSPS) is 15.8. The van der Waals surface area contributed by atoms with Gasteiger partial charge in [-0.15, -0.1) is 0 Å². The van der Waals surface area contributed by atoms with Gasteiger partial charge in [0.25, 0.3) is 5.56 Å². The summed E-state index contributed by atoms with van der Waals surface area (Å²) in [7, 11) is 0. The van der Waals surface area contributed by atoms with E-state index in [1.54, 1.807) is 0 Å². The Morgan fingerprint density at radius 2 is 1.96 bits per heavy atom. The van der Waals surface area contributed by atoms with Gasteiger partial charge in [-0.3, -0.25) is 9.59 Å². The molecule has 0 unspecified atom stereocenters. The maximum absolute atomic E-state index is 12.8. The van der Waals surface area contributed by atoms with Crippen molar-refractivity contribution in [2.75, 3.05) is 0 Å². The van der Waals surface area contributed by atoms with Crippen LogP contribution < -0.4 is 5.56 Å². The van der Waals surface area contributed by atoms with Crippen LogP contribution in [0.25, 0.3) is 10.9 Å². The molecule has 1 aromatic heterocycles. The van der Waals surface area contributed by atoms with Crippen molar-refractivity contribution in [2.24, 2.45) is 5.92 Å². The van der Waals surface area contributed by atoms with Gasteiger partial charge < -0.3 is 9.88 Å². The molecule has 0 saturated heterocycles. The maximum atomic E-state index is 12.8. The van der Waals surface area contributed by atoms with E-state index in [4.69, 9.17) is 0 Å². The predicted octanol–water partition coefficient (Wildman–Crippen LogP) is 3.11. The van der Waals surface area contributed by atoms with Crippen LogP contribution in [0.4, 0.5) is 0 Å². The number of H-pyrrole nitrogens is 1. The van der Waals surface area contributed by atoms with Crippen LogP contribution in [0.5, 0.6) is 0 Å². The zero-order chi connectivity index (χ0) is 16.6. The first-order valence-corrected chi connectivity index (χ1v) is 8.39. The molecule has 0 aliphatic heterocycles. The largest absolute Gasteiger partial charge is 0.336 e. The van der Waals surface area contributed by atoms with Crippen molar-refractivity contribution in [1.82, 2.24) is 9.88 Å². The van der Waals surface area contributed by atoms with Gasteiger partial charge in [0.1, 0.15) is 0 Å². The van der Waals surface area contributed by atoms with Gasteiger partial charge in [-0.25, -0.2) is 0 Å². The third-order valence-corrected chi connectivity index (χ3v) is 4.80. The van der Waals surface area contributed by atoms with E-state index in [1.165, 1.54) is 0 Å². The molecule has 1 fully saturated rings. The van der Waals surface area contributed by atoms with E-state index in [2.05, 4.69) is 25.8 Å². The zero-order valence-corrected chi connectivity index (χ0v) is 14.0. The topological polar surface area (TPSA) is 53.2 Å². The van der Waals surface area contributed by atoms with Crippen LogP contribution in [0, 0.1) is 5.92 Å². The molecule has 1 N–H and O–H groups in total. The summed E-state index contributed by atoms with van der Waals surface area (Å²) in [5.74, 6) is 0.476. The van der Waals surface area contributed by atoms with Crippen molar-refractivity contribution in [2.45, 2.75) is 52.1 Å². The Kier molecular flexibility index (Phi) is 4.24. The minimum Gasteiger partial charge on any atom is -0.336 e. The van der Waals surface area contributed by atoms with Crippen LogP contribution >= 0.6 is 0 Å². The van der Waals surface area contributed by atoms with Gasteiger partial charge in [-0.1, -0.05) is 32.0 Å². The first-order chi connectivity index (χ1) is 11.0. The van der Waals surface area contributed by atoms with Crippen LogP contribution in [0.3, 0.4) is 0 Å². The van der Waals surface area contributed by atoms with Gasteiger partial charge in [-0.2, -0.15) is 0 Å². The van der Waals surface area contributed by atoms with Crippen molar-refractivity contribution < 1.29 is 4.79 Å². The van der Waals surface area contributed by atoms with E-state index >= 15 is 0 Å². The molecule has 4 nitrogen and oxygen atoms in total. The number of carbonyl (C=O) groups excluding carboxylic acids is 1. The van der Waals surface area contributed by atoms with Crippen molar-refractivity contribution >= 4 is 16.8 Å². The minimum absolute atomic E-state index is 0.0643. The van der Waals surface area contributed by atoms with E-state index in [0.29, 0.717) is 17.5 Å². The molecule has 4 heteroatoms. The highest BCUT2D eigenvalue weighted by atomic mass is 16.2. The zero-order valence-electron chi connectivity index (χ0n) is 14.0. The second-order valence-corrected chi connectivity index (χ2v) is 6.90. The van der Waals surface area contributed by atoms with Gasteiger partial charge in [-0.05, 0) is 43.2 Å². The van der Waals surface area contributed by atoms with Crippen molar-refractivity contribution in [1.29, 1.82) is 0 Å². The summed E-state index contributed by atoms with van der Waals surface area (Å²) in [5.41, 5.74) is 1.20. The molecule has 1 saturated carbocycles. The Labute approximate surface area is 136 Å². The highest BCUT2D eigenvalue weighted by molar-refractivity contribution is 5.83. The molecule has 122 valence electrons. The number of para-hydroxylation sites is 1. The molecule has 1 heterocycles. The molecule has 1 atom stereocenters. The summed E-state index contributed by atoms with van der Waals surface area (Å²) in [4.78, 5) is 29.9. The van der Waals surface area contributed by atoms with Crippen LogP contribution in [-0.2, 0) is 11.2 Å². The number of benzene rings is 1. The third-order valence-electron chi connectivity index (χ3n) is 4.80. The lowest BCUT2D eigenvalue weighted by Crippen LogP contribution is -2.44. The van der Waals surface area contributed by atoms with Gasteiger partial charge in [0.2, 0.25) is 5.91 Å². The first-order valence-electron chi connectivity index (χ1n) is 8.39.